The van der Waals surface area contributed by atoms with Crippen molar-refractivity contribution in [3.05, 3.63) is 0 Å². The molecule has 0 fully saturated rings. The molecule has 0 saturated carbocycles. The van der Waals surface area contributed by atoms with Gasteiger partial charge >= 0.3 is 0 Å². The highest BCUT2D eigenvalue weighted by Crippen LogP contribution is 2.31. The van der Waals surface area contributed by atoms with Crippen LogP contribution in [0.4, 0.5) is 105 Å². The Kier molecular flexibility index (Phi) is 53.2. The minimum Gasteiger partial charge on any atom is -0.476 e. The molecule has 6 heterocycles. The van der Waals surface area contributed by atoms with Crippen molar-refractivity contribution in [2.45, 2.75) is 46.5 Å². The van der Waals surface area contributed by atoms with E-state index in [0.717, 1.165) is 38.9 Å². The van der Waals surface area contributed by atoms with Crippen molar-refractivity contribution in [3.63, 3.8) is 0 Å². The third-order valence-electron chi connectivity index (χ3n) is 12.7. The van der Waals surface area contributed by atoms with Crippen LogP contribution in [-0.2, 0) is 47.4 Å². The Labute approximate surface area is 635 Å². The van der Waals surface area contributed by atoms with Crippen LogP contribution in [0.5, 0.6) is 35.3 Å². The zero-order chi connectivity index (χ0) is 81.0. The molecule has 0 saturated heterocycles. The van der Waals surface area contributed by atoms with Crippen molar-refractivity contribution in [1.29, 1.82) is 0 Å². The van der Waals surface area contributed by atoms with Crippen LogP contribution in [0.3, 0.4) is 0 Å². The monoisotopic (exact) mass is 1550 g/mol. The average Bonchev–Trinajstić information content (AvgIpc) is 0.892. The molecule has 0 unspecified atom stereocenters. The Hall–Kier alpha value is -10.8. The molecule has 0 amide bonds. The van der Waals surface area contributed by atoms with Crippen molar-refractivity contribution in [2.75, 3.05) is 310 Å². The number of aromatic nitrogens is 12. The molecule has 0 spiro atoms. The Bertz CT molecular complexity index is 3370. The fourth-order valence-corrected chi connectivity index (χ4v) is 7.59. The number of nitrogen functional groups attached to an aromatic ring is 12. The topological polar surface area (TPSA) is 699 Å². The molecule has 6 aromatic rings. The summed E-state index contributed by atoms with van der Waals surface area (Å²) >= 11 is 0. The first-order valence-electron chi connectivity index (χ1n) is 34.3. The number of nitrogens with one attached hydrogen (secondary N) is 7. The molecule has 31 N–H and O–H groups in total. The highest BCUT2D eigenvalue weighted by atomic mass is 16.7. The van der Waals surface area contributed by atoms with Crippen LogP contribution in [0.2, 0.25) is 0 Å². The SMILES string of the molecule is CCOCCCOCCCOc1nc(N)nc(NC)c1N.CCOCCOCCOc1nc(N)nc(NC)c1N.CCOCOCOc1nc(N)nc(NC)c1N.CNCOc1nc(N)nc(NC)c1N.CNc1nc(N)nc(OCCCOCCCOC)c1N.CNc1nc(N)nc(OCCOCCOC)c1N. The number of hydrogen-bond donors (Lipinski definition) is 19. The number of anilines is 18. The van der Waals surface area contributed by atoms with Gasteiger partial charge in [0.05, 0.1) is 52.9 Å². The normalized spacial score (nSPS) is 10.3. The van der Waals surface area contributed by atoms with Gasteiger partial charge in [0.1, 0.15) is 54.1 Å². The van der Waals surface area contributed by atoms with Gasteiger partial charge < -0.3 is 176 Å². The van der Waals surface area contributed by atoms with Crippen molar-refractivity contribution < 1.29 is 75.8 Å². The third kappa shape index (κ3) is 41.2. The molecule has 0 radical (unpaired) electrons. The standard InChI is InChI=1S/C13H25N5O3.C12H23N5O3.C11H21N5O3.C10H19N5O3.C9H17N5O3.C7H14N6O/c1-3-19-6-4-7-20-8-5-9-21-12-10(14)11(16-2)17-13(15)18-12;1-15-10-9(13)11(17-12(14)16-10)20-8-4-7-19-6-3-5-18-2;1-3-17-4-5-18-6-7-19-10-8(12)9(14-2)15-11(13)16-10;1-13-8-7(11)9(15-10(12)14-8)18-6-5-17-4-3-16-2;1-3-15-4-16-5-17-8-6(10)7(12-2)13-9(11)14-8;1-10-3-14-6-4(8)5(11-2)12-7(9)13-6/h3-9,14H2,1-2H3,(H3,15,16,17,18);3-8,13H2,1-2H3,(H3,14,15,16,17);3-7,12H2,1-2H3,(H3,13,14,15,16);3-6,11H2,1-2H3,(H3,12,13,14,15);3-5,10H2,1-2H3,(H3,11,12,13,14);10H,3,8H2,1-2H3,(H3,9,11,12,13). The summed E-state index contributed by atoms with van der Waals surface area (Å²) in [4.78, 5) is 47.0. The van der Waals surface area contributed by atoms with E-state index in [2.05, 4.69) is 97.0 Å². The lowest BCUT2D eigenvalue weighted by atomic mass is 10.4. The maximum absolute atomic E-state index is 5.86. The van der Waals surface area contributed by atoms with E-state index in [1.165, 1.54) is 0 Å². The van der Waals surface area contributed by atoms with Gasteiger partial charge in [-0.1, -0.05) is 0 Å². The Morgan fingerprint density at radius 1 is 0.239 bits per heavy atom. The fourth-order valence-electron chi connectivity index (χ4n) is 7.59. The molecule has 6 rings (SSSR count). The van der Waals surface area contributed by atoms with Gasteiger partial charge in [0.15, 0.2) is 48.5 Å². The Morgan fingerprint density at radius 3 is 0.798 bits per heavy atom. The number of nitrogens with two attached hydrogens (primary N) is 12. The van der Waals surface area contributed by atoms with Gasteiger partial charge in [-0.05, 0) is 40.7 Å². The fraction of sp³-hybridized carbons (Fsp3) is 0.613. The number of methoxy groups -OCH3 is 2. The van der Waals surface area contributed by atoms with E-state index < -0.39 is 0 Å². The second kappa shape index (κ2) is 60.3. The summed E-state index contributed by atoms with van der Waals surface area (Å²) < 4.78 is 83.7. The average molecular weight is 1550 g/mol. The molecule has 0 aliphatic heterocycles. The van der Waals surface area contributed by atoms with Gasteiger partial charge in [-0.2, -0.15) is 59.8 Å². The smallest absolute Gasteiger partial charge is 0.246 e. The molecule has 0 aliphatic rings. The summed E-state index contributed by atoms with van der Waals surface area (Å²) in [5, 5.41) is 19.7. The van der Waals surface area contributed by atoms with Crippen LogP contribution < -0.4 is 134 Å². The number of ether oxygens (including phenoxy) is 16. The Morgan fingerprint density at radius 2 is 0.486 bits per heavy atom. The maximum atomic E-state index is 5.86. The highest BCUT2D eigenvalue weighted by molar-refractivity contribution is 5.72. The maximum Gasteiger partial charge on any atom is 0.246 e. The molecule has 47 nitrogen and oxygen atoms in total. The van der Waals surface area contributed by atoms with Crippen molar-refractivity contribution in [1.82, 2.24) is 65.1 Å². The summed E-state index contributed by atoms with van der Waals surface area (Å²) in [5.74, 6) is 4.87. The van der Waals surface area contributed by atoms with Crippen LogP contribution in [0.15, 0.2) is 0 Å². The van der Waals surface area contributed by atoms with Crippen LogP contribution in [-0.4, -0.2) is 269 Å². The molecule has 618 valence electrons. The summed E-state index contributed by atoms with van der Waals surface area (Å²) in [6, 6.07) is 0. The third-order valence-corrected chi connectivity index (χ3v) is 12.7. The van der Waals surface area contributed by atoms with E-state index in [1.807, 2.05) is 20.8 Å². The van der Waals surface area contributed by atoms with Crippen molar-refractivity contribution in [3.8, 4) is 35.3 Å². The van der Waals surface area contributed by atoms with Crippen molar-refractivity contribution >= 4 is 105 Å². The van der Waals surface area contributed by atoms with E-state index in [1.54, 1.807) is 63.6 Å². The summed E-state index contributed by atoms with van der Waals surface area (Å²) in [7, 11) is 15.2. The number of nitrogens with zero attached hydrogens (tertiary/aromatic N) is 12. The zero-order valence-corrected chi connectivity index (χ0v) is 64.7. The van der Waals surface area contributed by atoms with Crippen LogP contribution >= 0.6 is 0 Å². The van der Waals surface area contributed by atoms with Crippen LogP contribution in [0.25, 0.3) is 0 Å². The lowest BCUT2D eigenvalue weighted by Crippen LogP contribution is -2.17. The van der Waals surface area contributed by atoms with E-state index in [-0.39, 0.29) is 78.5 Å². The van der Waals surface area contributed by atoms with Crippen LogP contribution in [0, 0.1) is 0 Å². The molecule has 109 heavy (non-hydrogen) atoms. The molecule has 0 aliphatic carbocycles. The van der Waals surface area contributed by atoms with Gasteiger partial charge in [-0.25, -0.2) is 0 Å². The van der Waals surface area contributed by atoms with E-state index >= 15 is 0 Å². The summed E-state index contributed by atoms with van der Waals surface area (Å²) in [6.45, 7) is 16.8. The number of rotatable bonds is 49. The largest absolute Gasteiger partial charge is 0.476 e. The Balaban J connectivity index is 0.000000656. The van der Waals surface area contributed by atoms with E-state index in [4.69, 9.17) is 145 Å². The summed E-state index contributed by atoms with van der Waals surface area (Å²) in [6.07, 6.45) is 3.27. The van der Waals surface area contributed by atoms with E-state index in [9.17, 15) is 0 Å². The highest BCUT2D eigenvalue weighted by Gasteiger charge is 2.16. The number of hydrogen-bond acceptors (Lipinski definition) is 47. The van der Waals surface area contributed by atoms with E-state index in [0.29, 0.717) is 194 Å². The molecular formula is C62H119N31O16. The minimum atomic E-state index is -0.0240. The van der Waals surface area contributed by atoms with Gasteiger partial charge in [-0.3, -0.25) is 5.32 Å². The van der Waals surface area contributed by atoms with Gasteiger partial charge in [0, 0.05) is 129 Å². The molecule has 0 atom stereocenters. The van der Waals surface area contributed by atoms with Gasteiger partial charge in [0.2, 0.25) is 71.0 Å². The first-order valence-corrected chi connectivity index (χ1v) is 34.3. The second-order valence-corrected chi connectivity index (χ2v) is 20.8. The lowest BCUT2D eigenvalue weighted by molar-refractivity contribution is -0.0967. The van der Waals surface area contributed by atoms with Gasteiger partial charge in [-0.15, -0.1) is 0 Å². The first kappa shape index (κ1) is 96.3. The predicted octanol–water partition coefficient (Wildman–Crippen LogP) is 0.507. The molecule has 0 aromatic carbocycles. The summed E-state index contributed by atoms with van der Waals surface area (Å²) in [5.41, 5.74) is 69.9. The van der Waals surface area contributed by atoms with Crippen LogP contribution in [0.1, 0.15) is 46.5 Å². The molecule has 6 aromatic heterocycles. The predicted molar refractivity (Wildman–Crippen MR) is 421 cm³/mol. The van der Waals surface area contributed by atoms with Gasteiger partial charge in [0.25, 0.3) is 0 Å². The first-order chi connectivity index (χ1) is 52.6. The zero-order valence-electron chi connectivity index (χ0n) is 64.7. The minimum absolute atomic E-state index is 0.0240. The van der Waals surface area contributed by atoms with Crippen molar-refractivity contribution in [2.24, 2.45) is 0 Å². The lowest BCUT2D eigenvalue weighted by Gasteiger charge is -2.11. The molecular weight excluding hydrogens is 1430 g/mol. The quantitative estimate of drug-likeness (QED) is 0.0183. The second-order valence-electron chi connectivity index (χ2n) is 20.8. The molecule has 47 heteroatoms. The molecule has 0 bridgehead atoms.